The third kappa shape index (κ3) is 4.45. The molecule has 1 saturated heterocycles. The summed E-state index contributed by atoms with van der Waals surface area (Å²) in [6.07, 6.45) is 5.35. The Balaban J connectivity index is 1.25. The van der Waals surface area contributed by atoms with Gasteiger partial charge in [0, 0.05) is 50.5 Å². The molecule has 33 heavy (non-hydrogen) atoms. The van der Waals surface area contributed by atoms with Crippen molar-refractivity contribution >= 4 is 17.3 Å². The molecule has 6 nitrogen and oxygen atoms in total. The standard InChI is InChI=1S/C26H36ClN3O3/c1-2-3-14-33-20(16-28-10-12-29(13-11-28)22-7-5-4-6-21(22)27)17-30-25(31)23-18-8-9-19(15-18)24(23)26(30)32/h4-7,18-20,31-32H,2-3,8-17H2,1H3/t18-,19?,20?/m0/s1. The second-order valence-electron chi connectivity index (χ2n) is 9.88. The molecule has 2 aliphatic carbocycles. The lowest BCUT2D eigenvalue weighted by Gasteiger charge is -2.38. The van der Waals surface area contributed by atoms with Crippen LogP contribution in [-0.2, 0) is 11.3 Å². The second kappa shape index (κ2) is 9.77. The Bertz CT molecular complexity index is 936. The molecule has 3 atom stereocenters. The van der Waals surface area contributed by atoms with E-state index in [2.05, 4.69) is 22.8 Å². The summed E-state index contributed by atoms with van der Waals surface area (Å²) >= 11 is 6.40. The number of aromatic nitrogens is 1. The Morgan fingerprint density at radius 2 is 1.67 bits per heavy atom. The minimum Gasteiger partial charge on any atom is -0.494 e. The van der Waals surface area contributed by atoms with Crippen LogP contribution in [-0.4, -0.2) is 65.1 Å². The van der Waals surface area contributed by atoms with Crippen LogP contribution in [0, 0.1) is 0 Å². The van der Waals surface area contributed by atoms with Crippen molar-refractivity contribution in [3.8, 4) is 11.8 Å². The van der Waals surface area contributed by atoms with Crippen molar-refractivity contribution in [3.63, 3.8) is 0 Å². The summed E-state index contributed by atoms with van der Waals surface area (Å²) in [6, 6.07) is 8.03. The molecule has 2 aromatic rings. The van der Waals surface area contributed by atoms with Crippen molar-refractivity contribution < 1.29 is 14.9 Å². The molecule has 180 valence electrons. The highest BCUT2D eigenvalue weighted by molar-refractivity contribution is 6.33. The number of hydrogen-bond donors (Lipinski definition) is 2. The zero-order valence-electron chi connectivity index (χ0n) is 19.5. The van der Waals surface area contributed by atoms with Gasteiger partial charge in [-0.2, -0.15) is 0 Å². The van der Waals surface area contributed by atoms with Gasteiger partial charge in [0.1, 0.15) is 0 Å². The maximum absolute atomic E-state index is 11.0. The summed E-state index contributed by atoms with van der Waals surface area (Å²) in [6.45, 7) is 7.84. The van der Waals surface area contributed by atoms with Crippen LogP contribution in [0.2, 0.25) is 5.02 Å². The third-order valence-corrected chi connectivity index (χ3v) is 8.12. The molecular weight excluding hydrogens is 438 g/mol. The Labute approximate surface area is 201 Å². The zero-order valence-corrected chi connectivity index (χ0v) is 20.3. The number of rotatable bonds is 9. The number of para-hydroxylation sites is 1. The molecule has 0 radical (unpaired) electrons. The van der Waals surface area contributed by atoms with Crippen LogP contribution in [0.1, 0.15) is 62.0 Å². The third-order valence-electron chi connectivity index (χ3n) is 7.80. The number of piperazine rings is 1. The van der Waals surface area contributed by atoms with Gasteiger partial charge >= 0.3 is 0 Å². The predicted octanol–water partition coefficient (Wildman–Crippen LogP) is 4.92. The highest BCUT2D eigenvalue weighted by atomic mass is 35.5. The van der Waals surface area contributed by atoms with Crippen molar-refractivity contribution in [1.29, 1.82) is 0 Å². The summed E-state index contributed by atoms with van der Waals surface area (Å²) in [5.41, 5.74) is 3.11. The van der Waals surface area contributed by atoms with Gasteiger partial charge in [0.05, 0.1) is 23.4 Å². The average Bonchev–Trinajstić information content (AvgIpc) is 3.50. The maximum Gasteiger partial charge on any atom is 0.197 e. The van der Waals surface area contributed by atoms with Crippen molar-refractivity contribution in [2.45, 2.75) is 63.5 Å². The van der Waals surface area contributed by atoms with Gasteiger partial charge in [0.2, 0.25) is 0 Å². The first-order valence-corrected chi connectivity index (χ1v) is 12.9. The van der Waals surface area contributed by atoms with E-state index in [1.807, 2.05) is 18.2 Å². The van der Waals surface area contributed by atoms with E-state index in [1.54, 1.807) is 4.57 Å². The largest absolute Gasteiger partial charge is 0.494 e. The molecule has 5 rings (SSSR count). The van der Waals surface area contributed by atoms with Gasteiger partial charge in [-0.15, -0.1) is 0 Å². The molecule has 2 heterocycles. The highest BCUT2D eigenvalue weighted by Crippen LogP contribution is 2.59. The van der Waals surface area contributed by atoms with Crippen LogP contribution < -0.4 is 4.90 Å². The molecule has 2 N–H and O–H groups in total. The molecule has 1 aromatic carbocycles. The van der Waals surface area contributed by atoms with E-state index in [0.29, 0.717) is 25.0 Å². The molecule has 2 fully saturated rings. The summed E-state index contributed by atoms with van der Waals surface area (Å²) < 4.78 is 7.99. The average molecular weight is 474 g/mol. The smallest absolute Gasteiger partial charge is 0.197 e. The Hall–Kier alpha value is -1.89. The first kappa shape index (κ1) is 22.9. The number of unbranched alkanes of at least 4 members (excludes halogenated alkanes) is 1. The molecule has 2 bridgehead atoms. The van der Waals surface area contributed by atoms with Gasteiger partial charge in [-0.25, -0.2) is 0 Å². The molecule has 3 aliphatic rings. The van der Waals surface area contributed by atoms with E-state index in [9.17, 15) is 10.2 Å². The van der Waals surface area contributed by atoms with Crippen LogP contribution in [0.25, 0.3) is 0 Å². The highest BCUT2D eigenvalue weighted by Gasteiger charge is 2.44. The van der Waals surface area contributed by atoms with E-state index in [1.165, 1.54) is 0 Å². The minimum absolute atomic E-state index is 0.0783. The van der Waals surface area contributed by atoms with Gasteiger partial charge in [-0.3, -0.25) is 9.47 Å². The number of nitrogens with zero attached hydrogens (tertiary/aromatic N) is 3. The van der Waals surface area contributed by atoms with E-state index in [-0.39, 0.29) is 17.9 Å². The number of anilines is 1. The lowest BCUT2D eigenvalue weighted by molar-refractivity contribution is 0.0110. The Kier molecular flexibility index (Phi) is 6.77. The summed E-state index contributed by atoms with van der Waals surface area (Å²) in [7, 11) is 0. The lowest BCUT2D eigenvalue weighted by atomic mass is 9.95. The minimum atomic E-state index is -0.0783. The van der Waals surface area contributed by atoms with Crippen molar-refractivity contribution in [2.24, 2.45) is 0 Å². The van der Waals surface area contributed by atoms with Crippen molar-refractivity contribution in [1.82, 2.24) is 9.47 Å². The normalized spacial score (nSPS) is 23.3. The first-order valence-electron chi connectivity index (χ1n) is 12.5. The first-order chi connectivity index (χ1) is 16.1. The van der Waals surface area contributed by atoms with Crippen molar-refractivity contribution in [2.75, 3.05) is 44.2 Å². The SMILES string of the molecule is CCCCOC(CN1CCN(c2ccccc2Cl)CC1)Cn1c(O)c2c(c1O)[C@H]1CCC2C1. The topological polar surface area (TPSA) is 61.1 Å². The van der Waals surface area contributed by atoms with Crippen LogP contribution in [0.4, 0.5) is 5.69 Å². The number of aromatic hydroxyl groups is 2. The van der Waals surface area contributed by atoms with Crippen LogP contribution >= 0.6 is 11.6 Å². The predicted molar refractivity (Wildman–Crippen MR) is 132 cm³/mol. The molecule has 1 saturated carbocycles. The Morgan fingerprint density at radius 1 is 1.00 bits per heavy atom. The van der Waals surface area contributed by atoms with E-state index in [0.717, 1.165) is 86.7 Å². The number of hydrogen-bond acceptors (Lipinski definition) is 5. The van der Waals surface area contributed by atoms with Gasteiger partial charge in [0.25, 0.3) is 0 Å². The monoisotopic (exact) mass is 473 g/mol. The molecule has 2 unspecified atom stereocenters. The second-order valence-corrected chi connectivity index (χ2v) is 10.3. The van der Waals surface area contributed by atoms with E-state index in [4.69, 9.17) is 16.3 Å². The van der Waals surface area contributed by atoms with Crippen LogP contribution in [0.3, 0.4) is 0 Å². The van der Waals surface area contributed by atoms with Gasteiger partial charge in [0.15, 0.2) is 11.8 Å². The number of fused-ring (bicyclic) bond motifs is 5. The van der Waals surface area contributed by atoms with Gasteiger partial charge in [-0.1, -0.05) is 37.1 Å². The van der Waals surface area contributed by atoms with Crippen molar-refractivity contribution in [3.05, 3.63) is 40.4 Å². The lowest BCUT2D eigenvalue weighted by Crippen LogP contribution is -2.49. The van der Waals surface area contributed by atoms with Crippen LogP contribution in [0.15, 0.2) is 24.3 Å². The summed E-state index contributed by atoms with van der Waals surface area (Å²) in [5, 5.41) is 22.8. The number of ether oxygens (including phenoxy) is 1. The molecule has 0 amide bonds. The fraction of sp³-hybridized carbons (Fsp3) is 0.615. The van der Waals surface area contributed by atoms with Crippen LogP contribution in [0.5, 0.6) is 11.8 Å². The number of halogens is 1. The Morgan fingerprint density at radius 3 is 2.30 bits per heavy atom. The summed E-state index contributed by atoms with van der Waals surface area (Å²) in [4.78, 5) is 4.77. The number of benzene rings is 1. The molecule has 1 aromatic heterocycles. The fourth-order valence-electron chi connectivity index (χ4n) is 6.04. The van der Waals surface area contributed by atoms with E-state index < -0.39 is 0 Å². The van der Waals surface area contributed by atoms with E-state index >= 15 is 0 Å². The molecule has 1 aliphatic heterocycles. The quantitative estimate of drug-likeness (QED) is 0.506. The molecular formula is C26H36ClN3O3. The zero-order chi connectivity index (χ0) is 22.9. The fourth-order valence-corrected chi connectivity index (χ4v) is 6.30. The van der Waals surface area contributed by atoms with Gasteiger partial charge in [-0.05, 0) is 49.7 Å². The van der Waals surface area contributed by atoms with Gasteiger partial charge < -0.3 is 19.8 Å². The molecule has 0 spiro atoms. The summed E-state index contributed by atoms with van der Waals surface area (Å²) in [5.74, 6) is 1.36. The maximum atomic E-state index is 11.0. The molecule has 7 heteroatoms.